The molecule has 13 heteroatoms. The number of aryl methyl sites for hydroxylation is 1. The summed E-state index contributed by atoms with van der Waals surface area (Å²) in [5, 5.41) is 27.2. The van der Waals surface area contributed by atoms with Crippen molar-refractivity contribution in [2.75, 3.05) is 33.3 Å². The number of nitrogens with one attached hydrogen (secondary N) is 1. The number of nitrogens with zero attached hydrogens (tertiary/aromatic N) is 2. The van der Waals surface area contributed by atoms with Crippen LogP contribution in [0, 0.1) is 13.8 Å². The van der Waals surface area contributed by atoms with Gasteiger partial charge in [0.25, 0.3) is 0 Å². The van der Waals surface area contributed by atoms with Crippen molar-refractivity contribution in [1.82, 2.24) is 15.1 Å². The maximum atomic E-state index is 13.8. The average molecular weight is 704 g/mol. The Morgan fingerprint density at radius 3 is 2.58 bits per heavy atom. The molecule has 0 aliphatic carbocycles. The van der Waals surface area contributed by atoms with Gasteiger partial charge in [0.05, 0.1) is 30.5 Å². The highest BCUT2D eigenvalue weighted by atomic mass is 32.2. The molecule has 0 saturated carbocycles. The van der Waals surface area contributed by atoms with Gasteiger partial charge in [-0.05, 0) is 44.0 Å². The largest absolute Gasteiger partial charge is 0.504 e. The van der Waals surface area contributed by atoms with Crippen LogP contribution in [0.1, 0.15) is 63.2 Å². The zero-order chi connectivity index (χ0) is 35.0. The highest BCUT2D eigenvalue weighted by Crippen LogP contribution is 2.63. The van der Waals surface area contributed by atoms with Gasteiger partial charge in [-0.25, -0.2) is 0 Å². The number of phenolic OH excluding ortho intramolecular Hbond substituents is 1. The second kappa shape index (κ2) is 12.6. The standard InChI is InChI=1S/C37H41N3O9S/c1-17-11-21-12-23-36(43)40-24-14-46-37(44)22(38-13-20-9-7-6-8-10-20)15-50-35(29(40)28(39(23)4)25(21)30(42)31(17)45-5)27-26(24)34-33(47-16-48-34)18(2)32(27)49-19(3)41/h6-11,22-24,28-29,35-36,38,42-43H,12-16H2,1-5H3/t22?,23-,24-,28+,29?,35+,36-/m0/s1. The first-order chi connectivity index (χ1) is 24.1. The van der Waals surface area contributed by atoms with Crippen molar-refractivity contribution in [2.45, 2.75) is 75.4 Å². The number of hydrogen-bond acceptors (Lipinski definition) is 13. The van der Waals surface area contributed by atoms with Crippen LogP contribution >= 0.6 is 11.8 Å². The van der Waals surface area contributed by atoms with Gasteiger partial charge in [-0.2, -0.15) is 0 Å². The minimum absolute atomic E-state index is 0.0255. The quantitative estimate of drug-likeness (QED) is 0.263. The molecule has 7 atom stereocenters. The number of fused-ring (bicyclic) bond motifs is 10. The fourth-order valence-corrected chi connectivity index (χ4v) is 10.3. The number of likely N-dealkylation sites (N-methyl/N-ethyl adjacent to an activating group) is 1. The Kier molecular flexibility index (Phi) is 8.38. The molecule has 6 aliphatic rings. The number of piperazine rings is 1. The van der Waals surface area contributed by atoms with Gasteiger partial charge in [0.15, 0.2) is 23.0 Å². The van der Waals surface area contributed by atoms with Crippen LogP contribution in [0.3, 0.4) is 0 Å². The highest BCUT2D eigenvalue weighted by Gasteiger charge is 2.60. The van der Waals surface area contributed by atoms with E-state index in [4.69, 9.17) is 23.7 Å². The molecular formula is C37H41N3O9S. The van der Waals surface area contributed by atoms with Crippen molar-refractivity contribution in [3.8, 4) is 28.7 Å². The average Bonchev–Trinajstić information content (AvgIpc) is 3.59. The first kappa shape index (κ1) is 33.2. The van der Waals surface area contributed by atoms with Crippen LogP contribution in [0.2, 0.25) is 0 Å². The van der Waals surface area contributed by atoms with E-state index in [0.29, 0.717) is 52.8 Å². The summed E-state index contributed by atoms with van der Waals surface area (Å²) in [6, 6.07) is 9.31. The summed E-state index contributed by atoms with van der Waals surface area (Å²) in [5.74, 6) is 1.24. The number of hydrogen-bond donors (Lipinski definition) is 3. The summed E-state index contributed by atoms with van der Waals surface area (Å²) >= 11 is 1.53. The van der Waals surface area contributed by atoms with Crippen molar-refractivity contribution in [3.63, 3.8) is 0 Å². The SMILES string of the molecule is COc1c(C)cc2c(c1O)[C@@H]1C3[C@@H]4SCC(NCc5ccccc5)C(=O)OC[C@@H](c5c6c(c(C)c(OC(C)=O)c54)OCO6)N3[C@@H](O)[C@H](C2)N1C. The number of rotatable bonds is 5. The Hall–Kier alpha value is -4.01. The maximum Gasteiger partial charge on any atom is 0.324 e. The summed E-state index contributed by atoms with van der Waals surface area (Å²) in [6.45, 7) is 5.45. The molecule has 3 aromatic carbocycles. The zero-order valence-electron chi connectivity index (χ0n) is 28.6. The Bertz CT molecular complexity index is 1870. The number of ether oxygens (including phenoxy) is 5. The molecule has 4 bridgehead atoms. The van der Waals surface area contributed by atoms with E-state index < -0.39 is 47.6 Å². The first-order valence-corrected chi connectivity index (χ1v) is 17.9. The number of phenols is 1. The lowest BCUT2D eigenvalue weighted by molar-refractivity contribution is -0.184. The molecule has 0 amide bonds. The van der Waals surface area contributed by atoms with Gasteiger partial charge in [0.1, 0.15) is 24.6 Å². The zero-order valence-corrected chi connectivity index (χ0v) is 29.4. The Morgan fingerprint density at radius 1 is 1.08 bits per heavy atom. The highest BCUT2D eigenvalue weighted by molar-refractivity contribution is 7.99. The Balaban J connectivity index is 1.34. The molecule has 0 radical (unpaired) electrons. The van der Waals surface area contributed by atoms with E-state index in [1.165, 1.54) is 18.7 Å². The smallest absolute Gasteiger partial charge is 0.324 e. The number of thioether (sulfide) groups is 1. The summed E-state index contributed by atoms with van der Waals surface area (Å²) in [5.41, 5.74) is 5.56. The molecule has 50 heavy (non-hydrogen) atoms. The third-order valence-electron chi connectivity index (χ3n) is 10.9. The van der Waals surface area contributed by atoms with E-state index in [-0.39, 0.29) is 25.2 Å². The molecule has 0 spiro atoms. The summed E-state index contributed by atoms with van der Waals surface area (Å²) in [7, 11) is 3.52. The van der Waals surface area contributed by atoms with E-state index in [2.05, 4.69) is 10.2 Å². The molecule has 0 aromatic heterocycles. The lowest BCUT2D eigenvalue weighted by Crippen LogP contribution is -2.69. The van der Waals surface area contributed by atoms with E-state index in [0.717, 1.165) is 27.8 Å². The number of benzene rings is 3. The second-order valence-corrected chi connectivity index (χ2v) is 14.8. The maximum absolute atomic E-state index is 13.8. The first-order valence-electron chi connectivity index (χ1n) is 16.9. The minimum Gasteiger partial charge on any atom is -0.504 e. The topological polar surface area (TPSA) is 139 Å². The molecule has 12 nitrogen and oxygen atoms in total. The van der Waals surface area contributed by atoms with Crippen LogP contribution in [0.4, 0.5) is 0 Å². The van der Waals surface area contributed by atoms with Gasteiger partial charge in [0.2, 0.25) is 6.79 Å². The predicted octanol–water partition coefficient (Wildman–Crippen LogP) is 3.82. The predicted molar refractivity (Wildman–Crippen MR) is 184 cm³/mol. The number of aliphatic hydroxyl groups excluding tert-OH is 1. The Morgan fingerprint density at radius 2 is 1.84 bits per heavy atom. The van der Waals surface area contributed by atoms with Crippen molar-refractivity contribution < 1.29 is 43.5 Å². The molecule has 9 rings (SSSR count). The number of methoxy groups -OCH3 is 1. The molecule has 2 fully saturated rings. The molecule has 6 heterocycles. The number of esters is 2. The van der Waals surface area contributed by atoms with Gasteiger partial charge < -0.3 is 33.9 Å². The van der Waals surface area contributed by atoms with Crippen LogP contribution in [-0.2, 0) is 27.3 Å². The summed E-state index contributed by atoms with van der Waals surface area (Å²) < 4.78 is 30.0. The third kappa shape index (κ3) is 5.04. The van der Waals surface area contributed by atoms with Crippen LogP contribution in [0.25, 0.3) is 0 Å². The van der Waals surface area contributed by atoms with Gasteiger partial charge in [-0.1, -0.05) is 36.4 Å². The van der Waals surface area contributed by atoms with Crippen molar-refractivity contribution in [2.24, 2.45) is 0 Å². The van der Waals surface area contributed by atoms with Crippen molar-refractivity contribution in [1.29, 1.82) is 0 Å². The molecule has 2 unspecified atom stereocenters. The number of carbonyl (C=O) groups excluding carboxylic acids is 2. The van der Waals surface area contributed by atoms with Crippen molar-refractivity contribution in [3.05, 3.63) is 75.3 Å². The fraction of sp³-hybridized carbons (Fsp3) is 0.459. The summed E-state index contributed by atoms with van der Waals surface area (Å²) in [4.78, 5) is 30.7. The normalized spacial score (nSPS) is 28.3. The Labute approximate surface area is 294 Å². The van der Waals surface area contributed by atoms with Gasteiger partial charge >= 0.3 is 11.9 Å². The van der Waals surface area contributed by atoms with Crippen LogP contribution in [0.15, 0.2) is 36.4 Å². The van der Waals surface area contributed by atoms with E-state index in [1.54, 1.807) is 7.11 Å². The third-order valence-corrected chi connectivity index (χ3v) is 12.3. The minimum atomic E-state index is -0.984. The molecule has 2 saturated heterocycles. The number of aromatic hydroxyl groups is 1. The van der Waals surface area contributed by atoms with Gasteiger partial charge in [-0.3, -0.25) is 24.7 Å². The van der Waals surface area contributed by atoms with E-state index >= 15 is 0 Å². The lowest BCUT2D eigenvalue weighted by Gasteiger charge is -2.62. The van der Waals surface area contributed by atoms with Crippen molar-refractivity contribution >= 4 is 23.7 Å². The monoisotopic (exact) mass is 703 g/mol. The molecule has 264 valence electrons. The molecular weight excluding hydrogens is 662 g/mol. The van der Waals surface area contributed by atoms with E-state index in [1.807, 2.05) is 62.2 Å². The number of carbonyl (C=O) groups is 2. The lowest BCUT2D eigenvalue weighted by atomic mass is 9.73. The second-order valence-electron chi connectivity index (χ2n) is 13.6. The van der Waals surface area contributed by atoms with Crippen LogP contribution in [-0.4, -0.2) is 89.6 Å². The van der Waals surface area contributed by atoms with Gasteiger partial charge in [0, 0.05) is 47.5 Å². The van der Waals surface area contributed by atoms with Crippen LogP contribution in [0.5, 0.6) is 28.7 Å². The van der Waals surface area contributed by atoms with Crippen LogP contribution < -0.4 is 24.3 Å². The molecule has 6 aliphatic heterocycles. The fourth-order valence-electron chi connectivity index (χ4n) is 8.76. The molecule has 3 N–H and O–H groups in total. The number of aliphatic hydroxyl groups is 1. The summed E-state index contributed by atoms with van der Waals surface area (Å²) in [6.07, 6.45) is -0.500. The van der Waals surface area contributed by atoms with E-state index in [9.17, 15) is 19.8 Å². The molecule has 3 aromatic rings. The van der Waals surface area contributed by atoms with Gasteiger partial charge in [-0.15, -0.1) is 11.8 Å².